The predicted molar refractivity (Wildman–Crippen MR) is 126 cm³/mol. The zero-order valence-electron chi connectivity index (χ0n) is 18.2. The minimum absolute atomic E-state index is 0.205. The van der Waals surface area contributed by atoms with Crippen LogP contribution in [0.3, 0.4) is 0 Å². The van der Waals surface area contributed by atoms with Crippen molar-refractivity contribution in [2.45, 2.75) is 13.8 Å². The number of rotatable bonds is 7. The molecule has 0 aliphatic carbocycles. The maximum atomic E-state index is 12.9. The quantitative estimate of drug-likeness (QED) is 0.464. The van der Waals surface area contributed by atoms with Crippen molar-refractivity contribution in [1.29, 1.82) is 0 Å². The van der Waals surface area contributed by atoms with Gasteiger partial charge in [-0.2, -0.15) is 0 Å². The lowest BCUT2D eigenvalue weighted by Crippen LogP contribution is -2.32. The fourth-order valence-electron chi connectivity index (χ4n) is 3.72. The van der Waals surface area contributed by atoms with E-state index in [1.165, 1.54) is 4.90 Å². The van der Waals surface area contributed by atoms with Gasteiger partial charge in [-0.05, 0) is 67.6 Å². The first-order valence-electron chi connectivity index (χ1n) is 10.2. The lowest BCUT2D eigenvalue weighted by atomic mass is 10.2. The average molecular weight is 449 g/mol. The third-order valence-electron chi connectivity index (χ3n) is 5.28. The number of carbonyl (C=O) groups is 2. The Hall–Kier alpha value is -3.45. The Morgan fingerprint density at radius 1 is 1.00 bits per heavy atom. The second kappa shape index (κ2) is 9.36. The number of hydrogen-bond donors (Lipinski definition) is 0. The molecule has 0 atom stereocenters. The monoisotopic (exact) mass is 448 g/mol. The van der Waals surface area contributed by atoms with Crippen molar-refractivity contribution in [3.63, 3.8) is 0 Å². The first-order valence-corrected chi connectivity index (χ1v) is 11.1. The van der Waals surface area contributed by atoms with Gasteiger partial charge in [-0.15, -0.1) is 0 Å². The molecule has 1 fully saturated rings. The number of carbonyl (C=O) groups excluding carboxylic acids is 2. The largest absolute Gasteiger partial charge is 0.495 e. The van der Waals surface area contributed by atoms with Gasteiger partial charge in [-0.25, -0.2) is 0 Å². The van der Waals surface area contributed by atoms with Gasteiger partial charge in [0.2, 0.25) is 0 Å². The second-order valence-corrected chi connectivity index (χ2v) is 8.32. The number of aromatic nitrogens is 1. The fraction of sp³-hybridized carbons (Fsp3) is 0.200. The van der Waals surface area contributed by atoms with Crippen molar-refractivity contribution in [3.8, 4) is 17.2 Å². The third kappa shape index (κ3) is 4.29. The van der Waals surface area contributed by atoms with Gasteiger partial charge in [-0.1, -0.05) is 30.3 Å². The van der Waals surface area contributed by atoms with Gasteiger partial charge in [0.05, 0.1) is 24.2 Å². The maximum absolute atomic E-state index is 12.9. The zero-order valence-corrected chi connectivity index (χ0v) is 19.0. The van der Waals surface area contributed by atoms with Crippen LogP contribution in [-0.4, -0.2) is 40.9 Å². The van der Waals surface area contributed by atoms with Gasteiger partial charge in [0.15, 0.2) is 0 Å². The van der Waals surface area contributed by atoms with Crippen molar-refractivity contribution in [3.05, 3.63) is 82.5 Å². The Bertz CT molecular complexity index is 1180. The van der Waals surface area contributed by atoms with Crippen LogP contribution in [0.25, 0.3) is 11.8 Å². The summed E-state index contributed by atoms with van der Waals surface area (Å²) in [7, 11) is 1.64. The SMILES string of the molecule is COc1ccccc1-n1c(C)cc(/C=C2\SC(=O)N(CCOc3ccccc3)C2=O)c1C. The highest BCUT2D eigenvalue weighted by molar-refractivity contribution is 8.18. The van der Waals surface area contributed by atoms with E-state index in [9.17, 15) is 9.59 Å². The third-order valence-corrected chi connectivity index (χ3v) is 6.19. The maximum Gasteiger partial charge on any atom is 0.293 e. The van der Waals surface area contributed by atoms with Gasteiger partial charge in [0.1, 0.15) is 18.1 Å². The summed E-state index contributed by atoms with van der Waals surface area (Å²) in [6.45, 7) is 4.45. The van der Waals surface area contributed by atoms with Gasteiger partial charge in [-0.3, -0.25) is 14.5 Å². The van der Waals surface area contributed by atoms with Crippen LogP contribution in [0.2, 0.25) is 0 Å². The van der Waals surface area contributed by atoms with E-state index in [2.05, 4.69) is 4.57 Å². The van der Waals surface area contributed by atoms with E-state index >= 15 is 0 Å². The Kier molecular flexibility index (Phi) is 6.37. The van der Waals surface area contributed by atoms with Gasteiger partial charge in [0, 0.05) is 11.4 Å². The summed E-state index contributed by atoms with van der Waals surface area (Å²) in [4.78, 5) is 27.0. The number of hydrogen-bond acceptors (Lipinski definition) is 5. The molecule has 2 amide bonds. The van der Waals surface area contributed by atoms with Crippen LogP contribution in [0.4, 0.5) is 4.79 Å². The standard InChI is InChI=1S/C25H24N2O4S/c1-17-15-19(18(2)27(17)21-11-7-8-12-22(21)30-3)16-23-24(28)26(25(29)32-23)13-14-31-20-9-5-4-6-10-20/h4-12,15-16H,13-14H2,1-3H3/b23-16-. The molecule has 0 radical (unpaired) electrons. The molecule has 2 aromatic carbocycles. The number of ether oxygens (including phenoxy) is 2. The molecule has 0 N–H and O–H groups in total. The minimum Gasteiger partial charge on any atom is -0.495 e. The van der Waals surface area contributed by atoms with E-state index in [-0.39, 0.29) is 24.3 Å². The van der Waals surface area contributed by atoms with Crippen LogP contribution in [0.5, 0.6) is 11.5 Å². The predicted octanol–water partition coefficient (Wildman–Crippen LogP) is 5.22. The molecule has 1 saturated heterocycles. The van der Waals surface area contributed by atoms with Gasteiger partial charge >= 0.3 is 0 Å². The Balaban J connectivity index is 1.53. The van der Waals surface area contributed by atoms with E-state index in [1.54, 1.807) is 13.2 Å². The molecule has 0 bridgehead atoms. The summed E-state index contributed by atoms with van der Waals surface area (Å²) < 4.78 is 13.2. The van der Waals surface area contributed by atoms with E-state index in [1.807, 2.05) is 74.5 Å². The normalized spacial score (nSPS) is 15.0. The summed E-state index contributed by atoms with van der Waals surface area (Å²) in [6.07, 6.45) is 1.79. The molecule has 6 nitrogen and oxygen atoms in total. The Labute approximate surface area is 191 Å². The first-order chi connectivity index (χ1) is 15.5. The number of nitrogens with zero attached hydrogens (tertiary/aromatic N) is 2. The lowest BCUT2D eigenvalue weighted by Gasteiger charge is -2.13. The highest BCUT2D eigenvalue weighted by atomic mass is 32.2. The lowest BCUT2D eigenvalue weighted by molar-refractivity contribution is -0.123. The molecular formula is C25H24N2O4S. The number of imide groups is 1. The molecule has 1 aliphatic heterocycles. The topological polar surface area (TPSA) is 60.8 Å². The molecule has 2 heterocycles. The Morgan fingerprint density at radius 3 is 2.47 bits per heavy atom. The zero-order chi connectivity index (χ0) is 22.7. The van der Waals surface area contributed by atoms with E-state index < -0.39 is 0 Å². The van der Waals surface area contributed by atoms with Crippen LogP contribution in [0.15, 0.2) is 65.6 Å². The summed E-state index contributed by atoms with van der Waals surface area (Å²) in [5.41, 5.74) is 3.79. The van der Waals surface area contributed by atoms with Crippen molar-refractivity contribution >= 4 is 29.0 Å². The number of thioether (sulfide) groups is 1. The molecule has 3 aromatic rings. The van der Waals surface area contributed by atoms with Crippen LogP contribution in [-0.2, 0) is 4.79 Å². The van der Waals surface area contributed by atoms with Crippen LogP contribution >= 0.6 is 11.8 Å². The summed E-state index contributed by atoms with van der Waals surface area (Å²) in [5.74, 6) is 1.18. The molecule has 164 valence electrons. The van der Waals surface area contributed by atoms with Crippen molar-refractivity contribution in [1.82, 2.24) is 9.47 Å². The highest BCUT2D eigenvalue weighted by Crippen LogP contribution is 2.34. The number of benzene rings is 2. The average Bonchev–Trinajstić information content (AvgIpc) is 3.23. The van der Waals surface area contributed by atoms with Gasteiger partial charge in [0.25, 0.3) is 11.1 Å². The molecule has 4 rings (SSSR count). The first kappa shape index (κ1) is 21.8. The smallest absolute Gasteiger partial charge is 0.293 e. The fourth-order valence-corrected chi connectivity index (χ4v) is 4.58. The highest BCUT2D eigenvalue weighted by Gasteiger charge is 2.35. The number of amides is 2. The van der Waals surface area contributed by atoms with Crippen molar-refractivity contribution < 1.29 is 19.1 Å². The van der Waals surface area contributed by atoms with Crippen LogP contribution < -0.4 is 9.47 Å². The van der Waals surface area contributed by atoms with Crippen LogP contribution in [0, 0.1) is 13.8 Å². The number of methoxy groups -OCH3 is 1. The van der Waals surface area contributed by atoms with Crippen molar-refractivity contribution in [2.24, 2.45) is 0 Å². The van der Waals surface area contributed by atoms with Crippen molar-refractivity contribution in [2.75, 3.05) is 20.3 Å². The molecule has 1 aromatic heterocycles. The van der Waals surface area contributed by atoms with E-state index in [0.29, 0.717) is 10.7 Å². The molecule has 1 aliphatic rings. The Morgan fingerprint density at radius 2 is 1.72 bits per heavy atom. The number of para-hydroxylation sites is 3. The van der Waals surface area contributed by atoms with E-state index in [4.69, 9.17) is 9.47 Å². The molecule has 32 heavy (non-hydrogen) atoms. The molecule has 0 unspecified atom stereocenters. The molecular weight excluding hydrogens is 424 g/mol. The van der Waals surface area contributed by atoms with E-state index in [0.717, 1.165) is 40.2 Å². The van der Waals surface area contributed by atoms with Crippen LogP contribution in [0.1, 0.15) is 17.0 Å². The molecule has 0 spiro atoms. The summed E-state index contributed by atoms with van der Waals surface area (Å²) >= 11 is 0.959. The van der Waals surface area contributed by atoms with Gasteiger partial charge < -0.3 is 14.0 Å². The summed E-state index contributed by atoms with van der Waals surface area (Å²) in [5, 5.41) is -0.281. The number of aryl methyl sites for hydroxylation is 1. The molecule has 7 heteroatoms. The minimum atomic E-state index is -0.293. The molecule has 0 saturated carbocycles. The second-order valence-electron chi connectivity index (χ2n) is 7.33. The summed E-state index contributed by atoms with van der Waals surface area (Å²) in [6, 6.07) is 19.1.